The van der Waals surface area contributed by atoms with Crippen molar-refractivity contribution in [1.82, 2.24) is 0 Å². The molecule has 0 aromatic rings. The van der Waals surface area contributed by atoms with Crippen molar-refractivity contribution >= 4 is 10.1 Å². The molecule has 0 radical (unpaired) electrons. The summed E-state index contributed by atoms with van der Waals surface area (Å²) in [5.74, 6) is 0. The van der Waals surface area contributed by atoms with E-state index in [2.05, 4.69) is 11.3 Å². The van der Waals surface area contributed by atoms with Gasteiger partial charge in [0.1, 0.15) is 0 Å². The number of hydrogen-bond acceptors (Lipinski definition) is 3. The van der Waals surface area contributed by atoms with Crippen molar-refractivity contribution in [2.24, 2.45) is 0 Å². The Morgan fingerprint density at radius 2 is 1.75 bits per heavy atom. The van der Waals surface area contributed by atoms with Crippen molar-refractivity contribution in [3.8, 4) is 0 Å². The highest BCUT2D eigenvalue weighted by atomic mass is 32.2. The first-order chi connectivity index (χ1) is 6.94. The zero-order valence-electron chi connectivity index (χ0n) is 7.54. The second-order valence-corrected chi connectivity index (χ2v) is 4.07. The fourth-order valence-corrected chi connectivity index (χ4v) is 1.15. The van der Waals surface area contributed by atoms with E-state index in [1.54, 1.807) is 0 Å². The van der Waals surface area contributed by atoms with Gasteiger partial charge in [-0.05, 0) is 0 Å². The Hall–Kier alpha value is -0.740. The van der Waals surface area contributed by atoms with E-state index in [0.717, 1.165) is 6.08 Å². The van der Waals surface area contributed by atoms with E-state index >= 15 is 0 Å². The standard InChI is InChI=1S/C6H7F5O4S/c1-2-3-15-4(5(7,8)9)6(10,11)16(12,13)14/h2,4H,1,3H2,(H,12,13,14). The van der Waals surface area contributed by atoms with Gasteiger partial charge in [0.05, 0.1) is 6.61 Å². The fraction of sp³-hybridized carbons (Fsp3) is 0.667. The number of alkyl halides is 5. The third kappa shape index (κ3) is 3.39. The number of halogens is 5. The number of hydrogen-bond donors (Lipinski definition) is 1. The summed E-state index contributed by atoms with van der Waals surface area (Å²) in [5, 5.41) is -5.48. The van der Waals surface area contributed by atoms with Gasteiger partial charge >= 0.3 is 21.5 Å². The molecule has 0 fully saturated rings. The molecule has 0 saturated heterocycles. The van der Waals surface area contributed by atoms with E-state index in [1.807, 2.05) is 0 Å². The second-order valence-electron chi connectivity index (χ2n) is 2.58. The van der Waals surface area contributed by atoms with Crippen molar-refractivity contribution in [3.63, 3.8) is 0 Å². The van der Waals surface area contributed by atoms with Crippen molar-refractivity contribution < 1.29 is 39.7 Å². The van der Waals surface area contributed by atoms with E-state index in [9.17, 15) is 30.4 Å². The Balaban J connectivity index is 5.27. The smallest absolute Gasteiger partial charge is 0.358 e. The first-order valence-electron chi connectivity index (χ1n) is 3.58. The van der Waals surface area contributed by atoms with E-state index in [4.69, 9.17) is 4.55 Å². The molecule has 0 rings (SSSR count). The summed E-state index contributed by atoms with van der Waals surface area (Å²) in [6.45, 7) is 1.96. The van der Waals surface area contributed by atoms with Crippen LogP contribution in [0, 0.1) is 0 Å². The maximum Gasteiger partial charge on any atom is 0.421 e. The van der Waals surface area contributed by atoms with Crippen molar-refractivity contribution in [1.29, 1.82) is 0 Å². The minimum atomic E-state index is -6.23. The van der Waals surface area contributed by atoms with E-state index in [-0.39, 0.29) is 0 Å². The average Bonchev–Trinajstić information content (AvgIpc) is 1.99. The molecule has 1 unspecified atom stereocenters. The molecule has 1 atom stereocenters. The largest absolute Gasteiger partial charge is 0.421 e. The third-order valence-electron chi connectivity index (χ3n) is 1.33. The molecule has 0 aliphatic carbocycles. The van der Waals surface area contributed by atoms with Gasteiger partial charge in [-0.15, -0.1) is 6.58 Å². The molecule has 0 heterocycles. The summed E-state index contributed by atoms with van der Waals surface area (Å²) in [5.41, 5.74) is 0. The maximum atomic E-state index is 12.7. The molecule has 1 N–H and O–H groups in total. The highest BCUT2D eigenvalue weighted by Crippen LogP contribution is 2.37. The SMILES string of the molecule is C=CCOC(C(F)(F)F)C(F)(F)S(=O)(=O)O. The van der Waals surface area contributed by atoms with Crippen molar-refractivity contribution in [3.05, 3.63) is 12.7 Å². The zero-order chi connectivity index (χ0) is 13.2. The lowest BCUT2D eigenvalue weighted by atomic mass is 10.3. The summed E-state index contributed by atoms with van der Waals surface area (Å²) < 4.78 is 93.4. The van der Waals surface area contributed by atoms with Crippen LogP contribution >= 0.6 is 0 Å². The molecule has 0 saturated carbocycles. The van der Waals surface area contributed by atoms with Gasteiger partial charge in [-0.25, -0.2) is 0 Å². The van der Waals surface area contributed by atoms with Gasteiger partial charge in [-0.2, -0.15) is 30.4 Å². The summed E-state index contributed by atoms with van der Waals surface area (Å²) >= 11 is 0. The topological polar surface area (TPSA) is 63.6 Å². The second kappa shape index (κ2) is 4.63. The normalized spacial score (nSPS) is 15.9. The highest BCUT2D eigenvalue weighted by molar-refractivity contribution is 7.86. The van der Waals surface area contributed by atoms with Gasteiger partial charge in [0, 0.05) is 0 Å². The minimum Gasteiger partial charge on any atom is -0.358 e. The molecule has 0 bridgehead atoms. The van der Waals surface area contributed by atoms with E-state index < -0.39 is 34.3 Å². The monoisotopic (exact) mass is 270 g/mol. The first kappa shape index (κ1) is 15.3. The predicted molar refractivity (Wildman–Crippen MR) is 42.5 cm³/mol. The molecular formula is C6H7F5O4S. The summed E-state index contributed by atoms with van der Waals surface area (Å²) in [7, 11) is -6.23. The molecule has 0 spiro atoms. The molecule has 0 amide bonds. The number of ether oxygens (including phenoxy) is 1. The van der Waals surface area contributed by atoms with Crippen LogP contribution in [0.2, 0.25) is 0 Å². The molecule has 0 aromatic heterocycles. The van der Waals surface area contributed by atoms with Gasteiger partial charge in [-0.1, -0.05) is 6.08 Å². The van der Waals surface area contributed by atoms with Gasteiger partial charge in [-0.3, -0.25) is 4.55 Å². The van der Waals surface area contributed by atoms with Crippen LogP contribution in [-0.4, -0.2) is 37.1 Å². The molecule has 10 heteroatoms. The Kier molecular flexibility index (Phi) is 4.42. The van der Waals surface area contributed by atoms with E-state index in [0.29, 0.717) is 0 Å². The van der Waals surface area contributed by atoms with Crippen LogP contribution < -0.4 is 0 Å². The van der Waals surface area contributed by atoms with Gasteiger partial charge < -0.3 is 4.74 Å². The molecule has 0 aliphatic rings. The highest BCUT2D eigenvalue weighted by Gasteiger charge is 2.64. The molecule has 0 aliphatic heterocycles. The first-order valence-corrected chi connectivity index (χ1v) is 5.02. The van der Waals surface area contributed by atoms with Crippen LogP contribution in [0.25, 0.3) is 0 Å². The van der Waals surface area contributed by atoms with Crippen molar-refractivity contribution in [2.75, 3.05) is 6.61 Å². The Morgan fingerprint density at radius 1 is 1.31 bits per heavy atom. The molecular weight excluding hydrogens is 263 g/mol. The molecule has 16 heavy (non-hydrogen) atoms. The Morgan fingerprint density at radius 3 is 2.00 bits per heavy atom. The van der Waals surface area contributed by atoms with Crippen LogP contribution in [0.5, 0.6) is 0 Å². The average molecular weight is 270 g/mol. The van der Waals surface area contributed by atoms with Crippen LogP contribution in [0.15, 0.2) is 12.7 Å². The van der Waals surface area contributed by atoms with Crippen LogP contribution in [0.4, 0.5) is 22.0 Å². The Labute approximate surface area is 87.4 Å². The lowest BCUT2D eigenvalue weighted by Gasteiger charge is -2.25. The van der Waals surface area contributed by atoms with Crippen LogP contribution in [0.3, 0.4) is 0 Å². The lowest BCUT2D eigenvalue weighted by molar-refractivity contribution is -0.261. The fourth-order valence-electron chi connectivity index (χ4n) is 0.682. The molecule has 0 aromatic carbocycles. The van der Waals surface area contributed by atoms with E-state index in [1.165, 1.54) is 0 Å². The van der Waals surface area contributed by atoms with Crippen LogP contribution in [0.1, 0.15) is 0 Å². The van der Waals surface area contributed by atoms with Crippen molar-refractivity contribution in [2.45, 2.75) is 17.5 Å². The maximum absolute atomic E-state index is 12.7. The minimum absolute atomic E-state index is 0.721. The Bertz CT molecular complexity index is 346. The van der Waals surface area contributed by atoms with Gasteiger partial charge in [0.2, 0.25) is 6.10 Å². The predicted octanol–water partition coefficient (Wildman–Crippen LogP) is 1.60. The number of rotatable bonds is 5. The van der Waals surface area contributed by atoms with Gasteiger partial charge in [0.25, 0.3) is 0 Å². The molecule has 96 valence electrons. The summed E-state index contributed by atoms with van der Waals surface area (Å²) in [6.07, 6.45) is -8.88. The quantitative estimate of drug-likeness (QED) is 0.468. The van der Waals surface area contributed by atoms with Gasteiger partial charge in [0.15, 0.2) is 0 Å². The molecule has 4 nitrogen and oxygen atoms in total. The third-order valence-corrected chi connectivity index (χ3v) is 2.23. The summed E-state index contributed by atoms with van der Waals surface area (Å²) in [4.78, 5) is 0. The lowest BCUT2D eigenvalue weighted by Crippen LogP contribution is -2.51. The zero-order valence-corrected chi connectivity index (χ0v) is 8.36. The van der Waals surface area contributed by atoms with Crippen LogP contribution in [-0.2, 0) is 14.9 Å². The summed E-state index contributed by atoms with van der Waals surface area (Å²) in [6, 6.07) is 0.